The summed E-state index contributed by atoms with van der Waals surface area (Å²) in [6.07, 6.45) is 4.06. The monoisotopic (exact) mass is 394 g/mol. The number of nitrogens with zero attached hydrogens (tertiary/aromatic N) is 3. The van der Waals surface area contributed by atoms with Crippen molar-refractivity contribution in [2.45, 2.75) is 12.5 Å². The van der Waals surface area contributed by atoms with E-state index in [1.165, 1.54) is 0 Å². The van der Waals surface area contributed by atoms with Gasteiger partial charge in [-0.2, -0.15) is 0 Å². The van der Waals surface area contributed by atoms with Crippen molar-refractivity contribution in [2.75, 3.05) is 6.54 Å². The molecule has 0 saturated heterocycles. The molecular weight excluding hydrogens is 376 g/mol. The number of benzene rings is 2. The van der Waals surface area contributed by atoms with Crippen LogP contribution in [0.2, 0.25) is 0 Å². The SMILES string of the molecule is O=C(c1cnc2ccccc2c1)N1CCc2[nH]cnc2[C@H]1c1cc2ccccc2o1. The van der Waals surface area contributed by atoms with E-state index in [4.69, 9.17) is 4.42 Å². The highest BCUT2D eigenvalue weighted by Gasteiger charge is 2.36. The van der Waals surface area contributed by atoms with E-state index in [-0.39, 0.29) is 11.9 Å². The molecule has 4 heterocycles. The molecule has 0 aliphatic carbocycles. The minimum Gasteiger partial charge on any atom is -0.458 e. The molecule has 0 spiro atoms. The second-order valence-corrected chi connectivity index (χ2v) is 7.52. The molecule has 30 heavy (non-hydrogen) atoms. The van der Waals surface area contributed by atoms with Crippen LogP contribution in [0.4, 0.5) is 0 Å². The van der Waals surface area contributed by atoms with Crippen LogP contribution in [0.5, 0.6) is 0 Å². The van der Waals surface area contributed by atoms with Crippen LogP contribution in [0, 0.1) is 0 Å². The molecule has 3 aromatic heterocycles. The van der Waals surface area contributed by atoms with Crippen LogP contribution in [0.3, 0.4) is 0 Å². The van der Waals surface area contributed by atoms with E-state index < -0.39 is 0 Å². The summed E-state index contributed by atoms with van der Waals surface area (Å²) in [6.45, 7) is 0.572. The first-order chi connectivity index (χ1) is 14.8. The number of H-pyrrole nitrogens is 1. The van der Waals surface area contributed by atoms with Crippen molar-refractivity contribution in [3.05, 3.63) is 95.9 Å². The van der Waals surface area contributed by atoms with E-state index in [0.717, 1.165) is 39.7 Å². The Kier molecular flexibility index (Phi) is 3.71. The smallest absolute Gasteiger partial charge is 0.256 e. The predicted molar refractivity (Wildman–Crippen MR) is 113 cm³/mol. The summed E-state index contributed by atoms with van der Waals surface area (Å²) in [7, 11) is 0. The Morgan fingerprint density at radius 3 is 2.77 bits per heavy atom. The third-order valence-corrected chi connectivity index (χ3v) is 5.74. The minimum atomic E-state index is -0.383. The fourth-order valence-corrected chi connectivity index (χ4v) is 4.27. The lowest BCUT2D eigenvalue weighted by Gasteiger charge is -2.33. The number of aromatic nitrogens is 3. The number of carbonyl (C=O) groups is 1. The molecular formula is C24H18N4O2. The van der Waals surface area contributed by atoms with Crippen LogP contribution in [-0.4, -0.2) is 32.3 Å². The number of hydrogen-bond donors (Lipinski definition) is 1. The van der Waals surface area contributed by atoms with Crippen LogP contribution in [0.15, 0.2) is 77.6 Å². The summed E-state index contributed by atoms with van der Waals surface area (Å²) in [6, 6.07) is 19.2. The van der Waals surface area contributed by atoms with E-state index in [1.54, 1.807) is 12.5 Å². The maximum atomic E-state index is 13.6. The largest absolute Gasteiger partial charge is 0.458 e. The summed E-state index contributed by atoms with van der Waals surface area (Å²) in [5, 5.41) is 1.95. The van der Waals surface area contributed by atoms with E-state index in [9.17, 15) is 4.79 Å². The minimum absolute atomic E-state index is 0.0765. The van der Waals surface area contributed by atoms with Crippen molar-refractivity contribution in [1.82, 2.24) is 19.9 Å². The van der Waals surface area contributed by atoms with Crippen molar-refractivity contribution in [3.8, 4) is 0 Å². The first-order valence-corrected chi connectivity index (χ1v) is 9.94. The average molecular weight is 394 g/mol. The van der Waals surface area contributed by atoms with Gasteiger partial charge in [0.2, 0.25) is 0 Å². The third-order valence-electron chi connectivity index (χ3n) is 5.74. The Morgan fingerprint density at radius 2 is 1.87 bits per heavy atom. The third kappa shape index (κ3) is 2.61. The Morgan fingerprint density at radius 1 is 1.03 bits per heavy atom. The number of para-hydroxylation sites is 2. The molecule has 1 atom stereocenters. The number of pyridine rings is 1. The van der Waals surface area contributed by atoms with Crippen LogP contribution in [0.25, 0.3) is 21.9 Å². The molecule has 2 aromatic carbocycles. The second-order valence-electron chi connectivity index (χ2n) is 7.52. The van der Waals surface area contributed by atoms with Crippen molar-refractivity contribution < 1.29 is 9.21 Å². The molecule has 6 heteroatoms. The molecule has 1 N–H and O–H groups in total. The lowest BCUT2D eigenvalue weighted by Crippen LogP contribution is -2.40. The summed E-state index contributed by atoms with van der Waals surface area (Å²) in [4.78, 5) is 27.6. The number of rotatable bonds is 2. The maximum Gasteiger partial charge on any atom is 0.256 e. The van der Waals surface area contributed by atoms with E-state index in [0.29, 0.717) is 17.9 Å². The van der Waals surface area contributed by atoms with Gasteiger partial charge >= 0.3 is 0 Å². The maximum absolute atomic E-state index is 13.6. The number of amides is 1. The molecule has 6 rings (SSSR count). The van der Waals surface area contributed by atoms with Crippen molar-refractivity contribution in [3.63, 3.8) is 0 Å². The number of aromatic amines is 1. The molecule has 0 fully saturated rings. The first-order valence-electron chi connectivity index (χ1n) is 9.94. The quantitative estimate of drug-likeness (QED) is 0.479. The van der Waals surface area contributed by atoms with Gasteiger partial charge in [0.1, 0.15) is 17.4 Å². The predicted octanol–water partition coefficient (Wildman–Crippen LogP) is 4.49. The number of hydrogen-bond acceptors (Lipinski definition) is 4. The molecule has 6 nitrogen and oxygen atoms in total. The first kappa shape index (κ1) is 17.0. The van der Waals surface area contributed by atoms with Crippen LogP contribution < -0.4 is 0 Å². The normalized spacial score (nSPS) is 16.1. The lowest BCUT2D eigenvalue weighted by molar-refractivity contribution is 0.0672. The fraction of sp³-hybridized carbons (Fsp3) is 0.125. The molecule has 146 valence electrons. The fourth-order valence-electron chi connectivity index (χ4n) is 4.27. The van der Waals surface area contributed by atoms with Crippen molar-refractivity contribution >= 4 is 27.8 Å². The highest BCUT2D eigenvalue weighted by molar-refractivity contribution is 5.98. The van der Waals surface area contributed by atoms with Gasteiger partial charge in [0, 0.05) is 35.6 Å². The van der Waals surface area contributed by atoms with Gasteiger partial charge in [0.15, 0.2) is 0 Å². The van der Waals surface area contributed by atoms with Gasteiger partial charge < -0.3 is 14.3 Å². The van der Waals surface area contributed by atoms with Gasteiger partial charge in [0.25, 0.3) is 5.91 Å². The van der Waals surface area contributed by atoms with Crippen molar-refractivity contribution in [2.24, 2.45) is 0 Å². The van der Waals surface area contributed by atoms with E-state index in [2.05, 4.69) is 15.0 Å². The zero-order valence-electron chi connectivity index (χ0n) is 16.1. The number of carbonyl (C=O) groups excluding carboxylic acids is 1. The Hall–Kier alpha value is -3.93. The Labute approximate surface area is 172 Å². The molecule has 1 amide bonds. The van der Waals surface area contributed by atoms with Gasteiger partial charge in [-0.15, -0.1) is 0 Å². The lowest BCUT2D eigenvalue weighted by atomic mass is 9.99. The Balaban J connectivity index is 1.46. The zero-order chi connectivity index (χ0) is 20.1. The molecule has 1 aliphatic rings. The van der Waals surface area contributed by atoms with Gasteiger partial charge in [-0.05, 0) is 24.3 Å². The highest BCUT2D eigenvalue weighted by atomic mass is 16.3. The summed E-state index contributed by atoms with van der Waals surface area (Å²) >= 11 is 0. The number of nitrogens with one attached hydrogen (secondary N) is 1. The molecule has 0 unspecified atom stereocenters. The van der Waals surface area contributed by atoms with Gasteiger partial charge in [-0.3, -0.25) is 9.78 Å². The van der Waals surface area contributed by atoms with Gasteiger partial charge in [0.05, 0.1) is 23.1 Å². The topological polar surface area (TPSA) is 75.0 Å². The van der Waals surface area contributed by atoms with E-state index >= 15 is 0 Å². The second kappa shape index (κ2) is 6.56. The molecule has 0 bridgehead atoms. The molecule has 0 saturated carbocycles. The zero-order valence-corrected chi connectivity index (χ0v) is 16.1. The average Bonchev–Trinajstić information content (AvgIpc) is 3.44. The van der Waals surface area contributed by atoms with Gasteiger partial charge in [-0.25, -0.2) is 4.98 Å². The van der Waals surface area contributed by atoms with E-state index in [1.807, 2.05) is 65.6 Å². The number of imidazole rings is 1. The number of fused-ring (bicyclic) bond motifs is 3. The van der Waals surface area contributed by atoms with Crippen LogP contribution in [0.1, 0.15) is 33.5 Å². The molecule has 5 aromatic rings. The van der Waals surface area contributed by atoms with Crippen LogP contribution in [-0.2, 0) is 6.42 Å². The van der Waals surface area contributed by atoms with Crippen molar-refractivity contribution in [1.29, 1.82) is 0 Å². The molecule has 1 aliphatic heterocycles. The van der Waals surface area contributed by atoms with Gasteiger partial charge in [-0.1, -0.05) is 36.4 Å². The summed E-state index contributed by atoms with van der Waals surface area (Å²) in [5.41, 5.74) is 4.11. The summed E-state index contributed by atoms with van der Waals surface area (Å²) < 4.78 is 6.16. The standard InChI is InChI=1S/C24H18N4O2/c29-24(17-11-15-5-1-3-7-18(15)25-13-17)28-10-9-19-22(27-14-26-19)23(28)21-12-16-6-2-4-8-20(16)30-21/h1-8,11-14,23H,9-10H2,(H,26,27)/t23-/m1/s1. The molecule has 0 radical (unpaired) electrons. The number of furan rings is 1. The summed E-state index contributed by atoms with van der Waals surface area (Å²) in [5.74, 6) is 0.638. The van der Waals surface area contributed by atoms with Crippen LogP contribution >= 0.6 is 0 Å². The highest BCUT2D eigenvalue weighted by Crippen LogP contribution is 2.37. The Bertz CT molecular complexity index is 1370.